The van der Waals surface area contributed by atoms with Gasteiger partial charge in [0.05, 0.1) is 23.2 Å². The van der Waals surface area contributed by atoms with E-state index in [4.69, 9.17) is 16.3 Å². The van der Waals surface area contributed by atoms with Crippen LogP contribution < -0.4 is 0 Å². The molecule has 2 nitrogen and oxygen atoms in total. The molecule has 0 fully saturated rings. The van der Waals surface area contributed by atoms with Gasteiger partial charge in [-0.1, -0.05) is 0 Å². The summed E-state index contributed by atoms with van der Waals surface area (Å²) >= 11 is 7.23. The lowest BCUT2D eigenvalue weighted by molar-refractivity contribution is 0.202. The van der Waals surface area contributed by atoms with Crippen molar-refractivity contribution in [3.05, 3.63) is 16.1 Å². The second-order valence-electron chi connectivity index (χ2n) is 2.11. The lowest BCUT2D eigenvalue weighted by Crippen LogP contribution is -1.93. The molecule has 0 unspecified atom stereocenters. The van der Waals surface area contributed by atoms with Crippen LogP contribution in [0.5, 0.6) is 0 Å². The lowest BCUT2D eigenvalue weighted by Gasteiger charge is -1.92. The predicted octanol–water partition coefficient (Wildman–Crippen LogP) is 2.07. The minimum atomic E-state index is 0.503. The van der Waals surface area contributed by atoms with Crippen LogP contribution in [0.4, 0.5) is 0 Å². The third kappa shape index (κ3) is 2.77. The Balaban J connectivity index is 2.44. The average Bonchev–Trinajstić information content (AvgIpc) is 2.48. The van der Waals surface area contributed by atoms with Crippen molar-refractivity contribution in [3.63, 3.8) is 0 Å². The van der Waals surface area contributed by atoms with E-state index in [9.17, 15) is 0 Å². The molecule has 62 valence electrons. The minimum Gasteiger partial charge on any atom is -0.384 e. The van der Waals surface area contributed by atoms with E-state index < -0.39 is 0 Å². The van der Waals surface area contributed by atoms with Gasteiger partial charge in [-0.05, 0) is 0 Å². The third-order valence-electron chi connectivity index (χ3n) is 1.26. The predicted molar refractivity (Wildman–Crippen MR) is 47.3 cm³/mol. The van der Waals surface area contributed by atoms with Gasteiger partial charge in [-0.15, -0.1) is 22.9 Å². The Morgan fingerprint density at radius 1 is 1.73 bits per heavy atom. The fourth-order valence-corrected chi connectivity index (χ4v) is 1.72. The van der Waals surface area contributed by atoms with Gasteiger partial charge in [0.1, 0.15) is 0 Å². The standard InChI is InChI=1S/C7H10ClNOS/c1-10-3-2-7-9-6(4-8)5-11-7/h5H,2-4H2,1H3. The van der Waals surface area contributed by atoms with Crippen molar-refractivity contribution >= 4 is 22.9 Å². The number of ether oxygens (including phenoxy) is 1. The van der Waals surface area contributed by atoms with E-state index in [0.29, 0.717) is 5.88 Å². The van der Waals surface area contributed by atoms with Crippen molar-refractivity contribution < 1.29 is 4.74 Å². The molecule has 0 aliphatic rings. The summed E-state index contributed by atoms with van der Waals surface area (Å²) in [6, 6.07) is 0. The monoisotopic (exact) mass is 191 g/mol. The largest absolute Gasteiger partial charge is 0.384 e. The van der Waals surface area contributed by atoms with Crippen LogP contribution in [-0.2, 0) is 17.0 Å². The summed E-state index contributed by atoms with van der Waals surface area (Å²) in [4.78, 5) is 4.27. The van der Waals surface area contributed by atoms with Crippen molar-refractivity contribution in [2.75, 3.05) is 13.7 Å². The van der Waals surface area contributed by atoms with Gasteiger partial charge in [0, 0.05) is 18.9 Å². The number of aromatic nitrogens is 1. The first-order valence-corrected chi connectivity index (χ1v) is 4.76. The van der Waals surface area contributed by atoms with Crippen LogP contribution in [-0.4, -0.2) is 18.7 Å². The van der Waals surface area contributed by atoms with E-state index in [1.165, 1.54) is 0 Å². The molecule has 0 amide bonds. The summed E-state index contributed by atoms with van der Waals surface area (Å²) < 4.78 is 4.92. The topological polar surface area (TPSA) is 22.1 Å². The highest BCUT2D eigenvalue weighted by atomic mass is 35.5. The number of alkyl halides is 1. The molecule has 0 aliphatic heterocycles. The van der Waals surface area contributed by atoms with Gasteiger partial charge in [0.2, 0.25) is 0 Å². The first-order valence-electron chi connectivity index (χ1n) is 3.35. The number of halogens is 1. The Bertz CT molecular complexity index is 214. The zero-order chi connectivity index (χ0) is 8.10. The second-order valence-corrected chi connectivity index (χ2v) is 3.32. The molecule has 0 saturated carbocycles. The highest BCUT2D eigenvalue weighted by Crippen LogP contribution is 2.11. The third-order valence-corrected chi connectivity index (χ3v) is 2.49. The average molecular weight is 192 g/mol. The molecule has 0 aromatic carbocycles. The minimum absolute atomic E-state index is 0.503. The fourth-order valence-electron chi connectivity index (χ4n) is 0.714. The van der Waals surface area contributed by atoms with Gasteiger partial charge in [0.25, 0.3) is 0 Å². The fraction of sp³-hybridized carbons (Fsp3) is 0.571. The normalized spacial score (nSPS) is 10.4. The van der Waals surface area contributed by atoms with E-state index in [1.54, 1.807) is 18.4 Å². The summed E-state index contributed by atoms with van der Waals surface area (Å²) in [5.41, 5.74) is 0.961. The van der Waals surface area contributed by atoms with Crippen molar-refractivity contribution in [3.8, 4) is 0 Å². The maximum absolute atomic E-state index is 5.59. The van der Waals surface area contributed by atoms with E-state index in [-0.39, 0.29) is 0 Å². The number of rotatable bonds is 4. The first-order chi connectivity index (χ1) is 5.36. The van der Waals surface area contributed by atoms with Gasteiger partial charge in [-0.25, -0.2) is 4.98 Å². The molecule has 0 bridgehead atoms. The summed E-state index contributed by atoms with van der Waals surface area (Å²) in [6.45, 7) is 0.731. The summed E-state index contributed by atoms with van der Waals surface area (Å²) in [6.07, 6.45) is 0.887. The summed E-state index contributed by atoms with van der Waals surface area (Å²) in [5.74, 6) is 0.503. The number of thiazole rings is 1. The van der Waals surface area contributed by atoms with Gasteiger partial charge in [-0.3, -0.25) is 0 Å². The van der Waals surface area contributed by atoms with E-state index in [1.807, 2.05) is 5.38 Å². The Morgan fingerprint density at radius 3 is 3.09 bits per heavy atom. The quantitative estimate of drug-likeness (QED) is 0.680. The molecule has 0 radical (unpaired) electrons. The first kappa shape index (κ1) is 8.97. The molecule has 1 aromatic heterocycles. The van der Waals surface area contributed by atoms with Gasteiger partial charge in [0.15, 0.2) is 0 Å². The van der Waals surface area contributed by atoms with Crippen LogP contribution in [0.25, 0.3) is 0 Å². The van der Waals surface area contributed by atoms with E-state index >= 15 is 0 Å². The molecule has 4 heteroatoms. The Morgan fingerprint density at radius 2 is 2.55 bits per heavy atom. The van der Waals surface area contributed by atoms with Gasteiger partial charge < -0.3 is 4.74 Å². The van der Waals surface area contributed by atoms with Crippen LogP contribution in [0.1, 0.15) is 10.7 Å². The molecule has 0 aliphatic carbocycles. The highest BCUT2D eigenvalue weighted by molar-refractivity contribution is 7.09. The molecule has 1 aromatic rings. The second kappa shape index (κ2) is 4.70. The number of methoxy groups -OCH3 is 1. The Kier molecular flexibility index (Phi) is 3.83. The molecule has 1 rings (SSSR count). The number of hydrogen-bond donors (Lipinski definition) is 0. The van der Waals surface area contributed by atoms with Crippen molar-refractivity contribution in [1.82, 2.24) is 4.98 Å². The molecule has 1 heterocycles. The molecule has 0 spiro atoms. The van der Waals surface area contributed by atoms with Crippen LogP contribution in [0.3, 0.4) is 0 Å². The molecular formula is C7H10ClNOS. The molecule has 11 heavy (non-hydrogen) atoms. The summed E-state index contributed by atoms with van der Waals surface area (Å²) in [7, 11) is 1.69. The van der Waals surface area contributed by atoms with E-state index in [2.05, 4.69) is 4.98 Å². The maximum Gasteiger partial charge on any atom is 0.0951 e. The van der Waals surface area contributed by atoms with Gasteiger partial charge >= 0.3 is 0 Å². The van der Waals surface area contributed by atoms with Crippen LogP contribution >= 0.6 is 22.9 Å². The number of hydrogen-bond acceptors (Lipinski definition) is 3. The summed E-state index contributed by atoms with van der Waals surface area (Å²) in [5, 5.41) is 3.08. The van der Waals surface area contributed by atoms with Crippen LogP contribution in [0, 0.1) is 0 Å². The lowest BCUT2D eigenvalue weighted by atomic mass is 10.5. The molecule has 0 N–H and O–H groups in total. The molecule has 0 atom stereocenters. The van der Waals surface area contributed by atoms with Crippen molar-refractivity contribution in [2.45, 2.75) is 12.3 Å². The molecular weight excluding hydrogens is 182 g/mol. The van der Waals surface area contributed by atoms with Crippen molar-refractivity contribution in [2.24, 2.45) is 0 Å². The Labute approximate surface area is 75.2 Å². The van der Waals surface area contributed by atoms with Gasteiger partial charge in [-0.2, -0.15) is 0 Å². The van der Waals surface area contributed by atoms with E-state index in [0.717, 1.165) is 23.7 Å². The maximum atomic E-state index is 5.59. The van der Waals surface area contributed by atoms with Crippen LogP contribution in [0.2, 0.25) is 0 Å². The zero-order valence-corrected chi connectivity index (χ0v) is 7.91. The van der Waals surface area contributed by atoms with Crippen LogP contribution in [0.15, 0.2) is 5.38 Å². The highest BCUT2D eigenvalue weighted by Gasteiger charge is 1.99. The van der Waals surface area contributed by atoms with Crippen molar-refractivity contribution in [1.29, 1.82) is 0 Å². The number of nitrogens with zero attached hydrogens (tertiary/aromatic N) is 1. The SMILES string of the molecule is COCCc1nc(CCl)cs1. The zero-order valence-electron chi connectivity index (χ0n) is 6.34. The smallest absolute Gasteiger partial charge is 0.0951 e. The molecule has 0 saturated heterocycles. The Hall–Kier alpha value is -0.120.